The van der Waals surface area contributed by atoms with E-state index in [1.807, 2.05) is 30.3 Å². The van der Waals surface area contributed by atoms with Gasteiger partial charge in [-0.1, -0.05) is 35.5 Å². The van der Waals surface area contributed by atoms with Crippen molar-refractivity contribution >= 4 is 11.8 Å². The second kappa shape index (κ2) is 9.52. The van der Waals surface area contributed by atoms with Crippen LogP contribution in [-0.4, -0.2) is 43.3 Å². The summed E-state index contributed by atoms with van der Waals surface area (Å²) in [6.07, 6.45) is 1.84. The number of nitrogens with one attached hydrogen (secondary N) is 2. The van der Waals surface area contributed by atoms with E-state index >= 15 is 0 Å². The number of nitrogens with zero attached hydrogens (tertiary/aromatic N) is 1. The molecule has 0 saturated carbocycles. The molecule has 8 nitrogen and oxygen atoms in total. The maximum atomic E-state index is 12.6. The summed E-state index contributed by atoms with van der Waals surface area (Å²) in [5.41, 5.74) is 0.986. The third-order valence-electron chi connectivity index (χ3n) is 4.02. The molecule has 2 amide bonds. The molecule has 0 bridgehead atoms. The summed E-state index contributed by atoms with van der Waals surface area (Å²) in [4.78, 5) is 25.1. The van der Waals surface area contributed by atoms with E-state index in [2.05, 4.69) is 15.8 Å². The predicted octanol–water partition coefficient (Wildman–Crippen LogP) is 2.04. The standard InChI is InChI=1S/C20H21N3O5/c1-26-11-9-21-19(24)15(12-14-6-3-2-4-7-14)22-20(25)16-13-18(28-23-16)17-8-5-10-27-17/h2-8,10,13,15H,9,11-12H2,1H3,(H,21,24)(H,22,25). The van der Waals surface area contributed by atoms with Crippen molar-refractivity contribution < 1.29 is 23.3 Å². The van der Waals surface area contributed by atoms with Gasteiger partial charge >= 0.3 is 0 Å². The summed E-state index contributed by atoms with van der Waals surface area (Å²) >= 11 is 0. The zero-order chi connectivity index (χ0) is 19.8. The Morgan fingerprint density at radius 3 is 2.68 bits per heavy atom. The molecule has 3 rings (SSSR count). The molecule has 1 unspecified atom stereocenters. The van der Waals surface area contributed by atoms with Gasteiger partial charge in [0.05, 0.1) is 12.9 Å². The Kier molecular flexibility index (Phi) is 6.59. The minimum Gasteiger partial charge on any atom is -0.461 e. The number of hydrogen-bond acceptors (Lipinski definition) is 6. The average Bonchev–Trinajstić information content (AvgIpc) is 3.40. The van der Waals surface area contributed by atoms with Crippen LogP contribution in [0.25, 0.3) is 11.5 Å². The van der Waals surface area contributed by atoms with Crippen LogP contribution in [0.3, 0.4) is 0 Å². The fourth-order valence-corrected chi connectivity index (χ4v) is 2.61. The monoisotopic (exact) mass is 383 g/mol. The van der Waals surface area contributed by atoms with Gasteiger partial charge in [0.2, 0.25) is 11.7 Å². The molecule has 146 valence electrons. The van der Waals surface area contributed by atoms with Crippen LogP contribution < -0.4 is 10.6 Å². The Balaban J connectivity index is 1.70. The molecule has 8 heteroatoms. The maximum Gasteiger partial charge on any atom is 0.274 e. The number of amides is 2. The second-order valence-corrected chi connectivity index (χ2v) is 6.05. The van der Waals surface area contributed by atoms with Crippen molar-refractivity contribution in [3.8, 4) is 11.5 Å². The summed E-state index contributed by atoms with van der Waals surface area (Å²) in [7, 11) is 1.55. The van der Waals surface area contributed by atoms with E-state index in [0.717, 1.165) is 5.56 Å². The van der Waals surface area contributed by atoms with Crippen LogP contribution in [0.15, 0.2) is 63.7 Å². The van der Waals surface area contributed by atoms with Crippen LogP contribution in [-0.2, 0) is 16.0 Å². The summed E-state index contributed by atoms with van der Waals surface area (Å²) in [5, 5.41) is 9.24. The molecule has 2 N–H and O–H groups in total. The summed E-state index contributed by atoms with van der Waals surface area (Å²) in [6.45, 7) is 0.733. The lowest BCUT2D eigenvalue weighted by atomic mass is 10.0. The maximum absolute atomic E-state index is 12.6. The lowest BCUT2D eigenvalue weighted by molar-refractivity contribution is -0.123. The van der Waals surface area contributed by atoms with Gasteiger partial charge in [-0.15, -0.1) is 0 Å². The molecule has 3 aromatic rings. The van der Waals surface area contributed by atoms with E-state index < -0.39 is 11.9 Å². The van der Waals surface area contributed by atoms with Gasteiger partial charge in [0.15, 0.2) is 11.5 Å². The number of carbonyl (C=O) groups excluding carboxylic acids is 2. The van der Waals surface area contributed by atoms with Crippen molar-refractivity contribution in [1.29, 1.82) is 0 Å². The number of ether oxygens (including phenoxy) is 1. The van der Waals surface area contributed by atoms with Gasteiger partial charge in [-0.25, -0.2) is 0 Å². The van der Waals surface area contributed by atoms with Crippen LogP contribution in [0.5, 0.6) is 0 Å². The number of hydrogen-bond donors (Lipinski definition) is 2. The lowest BCUT2D eigenvalue weighted by Crippen LogP contribution is -2.48. The van der Waals surface area contributed by atoms with E-state index in [0.29, 0.717) is 31.1 Å². The number of methoxy groups -OCH3 is 1. The van der Waals surface area contributed by atoms with Crippen molar-refractivity contribution in [3.05, 3.63) is 66.1 Å². The number of benzene rings is 1. The first-order chi connectivity index (χ1) is 13.7. The molecule has 1 atom stereocenters. The fraction of sp³-hybridized carbons (Fsp3) is 0.250. The van der Waals surface area contributed by atoms with E-state index in [1.165, 1.54) is 12.3 Å². The molecule has 0 spiro atoms. The minimum absolute atomic E-state index is 0.0640. The van der Waals surface area contributed by atoms with Crippen molar-refractivity contribution in [1.82, 2.24) is 15.8 Å². The molecule has 2 heterocycles. The largest absolute Gasteiger partial charge is 0.461 e. The van der Waals surface area contributed by atoms with Crippen LogP contribution >= 0.6 is 0 Å². The molecule has 28 heavy (non-hydrogen) atoms. The number of furan rings is 1. The first kappa shape index (κ1) is 19.4. The van der Waals surface area contributed by atoms with Crippen LogP contribution in [0.4, 0.5) is 0 Å². The zero-order valence-electron chi connectivity index (χ0n) is 15.4. The van der Waals surface area contributed by atoms with Gasteiger partial charge in [0.1, 0.15) is 6.04 Å². The Morgan fingerprint density at radius 1 is 1.14 bits per heavy atom. The molecule has 0 aliphatic carbocycles. The smallest absolute Gasteiger partial charge is 0.274 e. The van der Waals surface area contributed by atoms with Crippen molar-refractivity contribution in [2.45, 2.75) is 12.5 Å². The normalized spacial score (nSPS) is 11.8. The van der Waals surface area contributed by atoms with Gasteiger partial charge in [0.25, 0.3) is 5.91 Å². The molecule has 2 aromatic heterocycles. The van der Waals surface area contributed by atoms with Crippen LogP contribution in [0.2, 0.25) is 0 Å². The van der Waals surface area contributed by atoms with Gasteiger partial charge in [-0.2, -0.15) is 0 Å². The highest BCUT2D eigenvalue weighted by atomic mass is 16.5. The fourth-order valence-electron chi connectivity index (χ4n) is 2.61. The molecule has 0 aliphatic heterocycles. The Labute approximate surface area is 161 Å². The highest BCUT2D eigenvalue weighted by molar-refractivity contribution is 5.96. The number of rotatable bonds is 9. The molecule has 0 saturated heterocycles. The van der Waals surface area contributed by atoms with Gasteiger partial charge in [-0.05, 0) is 17.7 Å². The average molecular weight is 383 g/mol. The van der Waals surface area contributed by atoms with E-state index in [1.54, 1.807) is 19.2 Å². The molecule has 0 fully saturated rings. The topological polar surface area (TPSA) is 107 Å². The number of aromatic nitrogens is 1. The van der Waals surface area contributed by atoms with Gasteiger partial charge in [-0.3, -0.25) is 9.59 Å². The lowest BCUT2D eigenvalue weighted by Gasteiger charge is -2.18. The molecule has 1 aromatic carbocycles. The summed E-state index contributed by atoms with van der Waals surface area (Å²) < 4.78 is 15.3. The molecule has 0 radical (unpaired) electrons. The van der Waals surface area contributed by atoms with E-state index in [-0.39, 0.29) is 11.6 Å². The van der Waals surface area contributed by atoms with Crippen molar-refractivity contribution in [2.24, 2.45) is 0 Å². The third-order valence-corrected chi connectivity index (χ3v) is 4.02. The number of carbonyl (C=O) groups is 2. The Morgan fingerprint density at radius 2 is 1.96 bits per heavy atom. The van der Waals surface area contributed by atoms with Gasteiger partial charge < -0.3 is 24.3 Å². The zero-order valence-corrected chi connectivity index (χ0v) is 15.4. The Hall–Kier alpha value is -3.39. The molecular formula is C20H21N3O5. The molecule has 0 aliphatic rings. The van der Waals surface area contributed by atoms with Crippen molar-refractivity contribution in [3.63, 3.8) is 0 Å². The van der Waals surface area contributed by atoms with Gasteiger partial charge in [0, 0.05) is 26.1 Å². The SMILES string of the molecule is COCCNC(=O)C(Cc1ccccc1)NC(=O)c1cc(-c2ccco2)on1. The minimum atomic E-state index is -0.768. The van der Waals surface area contributed by atoms with E-state index in [9.17, 15) is 9.59 Å². The highest BCUT2D eigenvalue weighted by Crippen LogP contribution is 2.20. The second-order valence-electron chi connectivity index (χ2n) is 6.05. The molecular weight excluding hydrogens is 362 g/mol. The quantitative estimate of drug-likeness (QED) is 0.548. The van der Waals surface area contributed by atoms with Crippen molar-refractivity contribution in [2.75, 3.05) is 20.3 Å². The van der Waals surface area contributed by atoms with E-state index in [4.69, 9.17) is 13.7 Å². The summed E-state index contributed by atoms with van der Waals surface area (Å²) in [5.74, 6) is -0.0163. The Bertz CT molecular complexity index is 890. The first-order valence-corrected chi connectivity index (χ1v) is 8.79. The summed E-state index contributed by atoms with van der Waals surface area (Å²) in [6, 6.07) is 13.5. The predicted molar refractivity (Wildman–Crippen MR) is 100 cm³/mol. The third kappa shape index (κ3) is 5.08. The highest BCUT2D eigenvalue weighted by Gasteiger charge is 2.24. The van der Waals surface area contributed by atoms with Crippen LogP contribution in [0, 0.1) is 0 Å². The first-order valence-electron chi connectivity index (χ1n) is 8.79. The van der Waals surface area contributed by atoms with Crippen LogP contribution in [0.1, 0.15) is 16.1 Å².